The second kappa shape index (κ2) is 12.1. The van der Waals surface area contributed by atoms with Gasteiger partial charge in [0.2, 0.25) is 0 Å². The Morgan fingerprint density at radius 3 is 1.70 bits per heavy atom. The molecule has 8 aromatic carbocycles. The van der Waals surface area contributed by atoms with E-state index in [1.165, 1.54) is 16.3 Å². The number of nitrogens with zero attached hydrogens (tertiary/aromatic N) is 3. The molecule has 0 aliphatic rings. The first-order valence-corrected chi connectivity index (χ1v) is 18.0. The maximum atomic E-state index is 6.49. The van der Waals surface area contributed by atoms with Crippen LogP contribution < -0.4 is 0 Å². The molecule has 0 unspecified atom stereocenters. The summed E-state index contributed by atoms with van der Waals surface area (Å²) in [6, 6.07) is 60.5. The summed E-state index contributed by atoms with van der Waals surface area (Å²) in [7, 11) is 0. The van der Waals surface area contributed by atoms with E-state index >= 15 is 0 Å². The number of rotatable bonds is 5. The van der Waals surface area contributed by atoms with Gasteiger partial charge in [0.05, 0.1) is 0 Å². The molecule has 11 aromatic rings. The molecule has 0 bridgehead atoms. The van der Waals surface area contributed by atoms with Crippen molar-refractivity contribution in [2.45, 2.75) is 0 Å². The van der Waals surface area contributed by atoms with Crippen LogP contribution in [0.3, 0.4) is 0 Å². The van der Waals surface area contributed by atoms with Gasteiger partial charge in [-0.1, -0.05) is 140 Å². The molecule has 0 spiro atoms. The molecular formula is C49H29N3O2. The van der Waals surface area contributed by atoms with Crippen molar-refractivity contribution in [2.75, 3.05) is 0 Å². The fourth-order valence-corrected chi connectivity index (χ4v) is 7.72. The Morgan fingerprint density at radius 2 is 0.870 bits per heavy atom. The average Bonchev–Trinajstić information content (AvgIpc) is 3.81. The zero-order valence-corrected chi connectivity index (χ0v) is 28.9. The lowest BCUT2D eigenvalue weighted by molar-refractivity contribution is 0.668. The van der Waals surface area contributed by atoms with Gasteiger partial charge in [0.25, 0.3) is 0 Å². The van der Waals surface area contributed by atoms with Crippen LogP contribution >= 0.6 is 0 Å². The molecule has 54 heavy (non-hydrogen) atoms. The van der Waals surface area contributed by atoms with Crippen LogP contribution in [0.1, 0.15) is 0 Å². The van der Waals surface area contributed by atoms with E-state index in [9.17, 15) is 0 Å². The molecule has 0 aliphatic heterocycles. The number of hydrogen-bond donors (Lipinski definition) is 0. The number of para-hydroxylation sites is 2. The van der Waals surface area contributed by atoms with Crippen molar-refractivity contribution in [3.8, 4) is 56.4 Å². The summed E-state index contributed by atoms with van der Waals surface area (Å²) in [6.45, 7) is 0. The summed E-state index contributed by atoms with van der Waals surface area (Å²) < 4.78 is 12.8. The van der Waals surface area contributed by atoms with Crippen LogP contribution in [0, 0.1) is 0 Å². The molecule has 0 N–H and O–H groups in total. The van der Waals surface area contributed by atoms with Crippen LogP contribution in [0.5, 0.6) is 0 Å². The van der Waals surface area contributed by atoms with Gasteiger partial charge < -0.3 is 8.83 Å². The van der Waals surface area contributed by atoms with Crippen molar-refractivity contribution < 1.29 is 8.83 Å². The van der Waals surface area contributed by atoms with Gasteiger partial charge in [-0.3, -0.25) is 0 Å². The predicted molar refractivity (Wildman–Crippen MR) is 219 cm³/mol. The Balaban J connectivity index is 1.14. The van der Waals surface area contributed by atoms with E-state index in [-0.39, 0.29) is 0 Å². The number of fused-ring (bicyclic) bond motifs is 7. The zero-order chi connectivity index (χ0) is 35.6. The first kappa shape index (κ1) is 30.3. The summed E-state index contributed by atoms with van der Waals surface area (Å²) >= 11 is 0. The second-order valence-corrected chi connectivity index (χ2v) is 13.6. The summed E-state index contributed by atoms with van der Waals surface area (Å²) in [4.78, 5) is 15.6. The van der Waals surface area contributed by atoms with Crippen LogP contribution in [-0.2, 0) is 0 Å². The van der Waals surface area contributed by atoms with Crippen LogP contribution in [0.15, 0.2) is 185 Å². The average molecular weight is 692 g/mol. The lowest BCUT2D eigenvalue weighted by Crippen LogP contribution is -2.01. The number of furan rings is 2. The first-order valence-electron chi connectivity index (χ1n) is 18.0. The maximum Gasteiger partial charge on any atom is 0.164 e. The maximum absolute atomic E-state index is 6.49. The summed E-state index contributed by atoms with van der Waals surface area (Å²) in [5.41, 5.74) is 10.2. The van der Waals surface area contributed by atoms with Crippen molar-refractivity contribution in [2.24, 2.45) is 0 Å². The molecule has 0 radical (unpaired) electrons. The van der Waals surface area contributed by atoms with Gasteiger partial charge in [-0.2, -0.15) is 0 Å². The lowest BCUT2D eigenvalue weighted by atomic mass is 9.97. The Kier molecular flexibility index (Phi) is 6.79. The minimum absolute atomic E-state index is 0.557. The lowest BCUT2D eigenvalue weighted by Gasteiger charge is -2.12. The normalized spacial score (nSPS) is 11.7. The van der Waals surface area contributed by atoms with Crippen molar-refractivity contribution in [3.63, 3.8) is 0 Å². The highest BCUT2D eigenvalue weighted by Crippen LogP contribution is 2.40. The van der Waals surface area contributed by atoms with Crippen molar-refractivity contribution >= 4 is 54.6 Å². The number of aromatic nitrogens is 3. The quantitative estimate of drug-likeness (QED) is 0.180. The minimum atomic E-state index is 0.557. The van der Waals surface area contributed by atoms with Crippen LogP contribution in [0.25, 0.3) is 111 Å². The van der Waals surface area contributed by atoms with Crippen LogP contribution in [0.4, 0.5) is 0 Å². The van der Waals surface area contributed by atoms with Crippen LogP contribution in [-0.4, -0.2) is 15.0 Å². The van der Waals surface area contributed by atoms with Gasteiger partial charge in [0.1, 0.15) is 22.3 Å². The third kappa shape index (κ3) is 4.98. The van der Waals surface area contributed by atoms with Gasteiger partial charge >= 0.3 is 0 Å². The summed E-state index contributed by atoms with van der Waals surface area (Å²) in [5, 5.41) is 6.53. The van der Waals surface area contributed by atoms with E-state index in [4.69, 9.17) is 23.8 Å². The monoisotopic (exact) mass is 691 g/mol. The molecule has 252 valence electrons. The zero-order valence-electron chi connectivity index (χ0n) is 28.9. The molecule has 3 aromatic heterocycles. The van der Waals surface area contributed by atoms with Crippen LogP contribution in [0.2, 0.25) is 0 Å². The molecule has 0 aliphatic carbocycles. The highest BCUT2D eigenvalue weighted by molar-refractivity contribution is 6.13. The van der Waals surface area contributed by atoms with Crippen molar-refractivity contribution in [1.29, 1.82) is 0 Å². The Bertz CT molecular complexity index is 3210. The molecule has 5 heteroatoms. The fraction of sp³-hybridized carbons (Fsp3) is 0. The third-order valence-corrected chi connectivity index (χ3v) is 10.3. The Labute approximate surface area is 309 Å². The molecule has 5 nitrogen and oxygen atoms in total. The molecule has 0 saturated carbocycles. The minimum Gasteiger partial charge on any atom is -0.456 e. The van der Waals surface area contributed by atoms with Gasteiger partial charge in [0, 0.05) is 38.2 Å². The standard InChI is InChI=1S/C49H29N3O2/c1-2-11-30(12-3-1)35-27-41(46-40-17-7-9-20-43(40)54-45(46)29-35)49-51-47(33-23-21-32(22-24-33)37-18-10-14-31-13-4-5-15-36(31)37)50-48(52-49)34-25-26-39-38-16-6-8-19-42(38)53-44(39)28-34/h1-29H. The highest BCUT2D eigenvalue weighted by Gasteiger charge is 2.20. The number of benzene rings is 8. The molecular weight excluding hydrogens is 663 g/mol. The molecule has 0 fully saturated rings. The second-order valence-electron chi connectivity index (χ2n) is 13.6. The Hall–Kier alpha value is -7.37. The first-order chi connectivity index (χ1) is 26.7. The van der Waals surface area contributed by atoms with Crippen molar-refractivity contribution in [1.82, 2.24) is 15.0 Å². The predicted octanol–water partition coefficient (Wildman–Crippen LogP) is 13.2. The molecule has 3 heterocycles. The highest BCUT2D eigenvalue weighted by atomic mass is 16.3. The fourth-order valence-electron chi connectivity index (χ4n) is 7.72. The largest absolute Gasteiger partial charge is 0.456 e. The van der Waals surface area contributed by atoms with E-state index in [0.717, 1.165) is 77.3 Å². The smallest absolute Gasteiger partial charge is 0.164 e. The molecule has 0 atom stereocenters. The molecule has 0 saturated heterocycles. The van der Waals surface area contributed by atoms with Crippen molar-refractivity contribution in [3.05, 3.63) is 176 Å². The summed E-state index contributed by atoms with van der Waals surface area (Å²) in [5.74, 6) is 1.70. The Morgan fingerprint density at radius 1 is 0.296 bits per heavy atom. The topological polar surface area (TPSA) is 65.0 Å². The SMILES string of the molecule is c1ccc(-c2cc(-c3nc(-c4ccc(-c5cccc6ccccc56)cc4)nc(-c4ccc5c(c4)oc4ccccc45)n3)c3c(c2)oc2ccccc23)cc1. The van der Waals surface area contributed by atoms with E-state index in [2.05, 4.69) is 115 Å². The van der Waals surface area contributed by atoms with Gasteiger partial charge in [0.15, 0.2) is 17.5 Å². The summed E-state index contributed by atoms with van der Waals surface area (Å²) in [6.07, 6.45) is 0. The van der Waals surface area contributed by atoms with E-state index in [1.54, 1.807) is 0 Å². The molecule has 0 amide bonds. The van der Waals surface area contributed by atoms with E-state index in [0.29, 0.717) is 17.5 Å². The van der Waals surface area contributed by atoms with E-state index in [1.807, 2.05) is 60.7 Å². The van der Waals surface area contributed by atoms with Gasteiger partial charge in [-0.15, -0.1) is 0 Å². The third-order valence-electron chi connectivity index (χ3n) is 10.3. The van der Waals surface area contributed by atoms with E-state index < -0.39 is 0 Å². The van der Waals surface area contributed by atoms with Gasteiger partial charge in [-0.05, 0) is 69.4 Å². The molecule has 11 rings (SSSR count). The van der Waals surface area contributed by atoms with Gasteiger partial charge in [-0.25, -0.2) is 15.0 Å². The number of hydrogen-bond acceptors (Lipinski definition) is 5.